The van der Waals surface area contributed by atoms with Crippen LogP contribution in [0, 0.1) is 0 Å². The molecular formula is C18H17ClN4OS2. The molecule has 1 amide bonds. The molecule has 1 atom stereocenters. The van der Waals surface area contributed by atoms with Gasteiger partial charge in [0.1, 0.15) is 0 Å². The van der Waals surface area contributed by atoms with Gasteiger partial charge in [-0.25, -0.2) is 0 Å². The number of nitrogens with one attached hydrogen (secondary N) is 2. The zero-order chi connectivity index (χ0) is 18.4. The molecule has 1 heterocycles. The lowest BCUT2D eigenvalue weighted by Gasteiger charge is -2.15. The minimum Gasteiger partial charge on any atom is -0.349 e. The Kier molecular flexibility index (Phi) is 6.49. The van der Waals surface area contributed by atoms with Gasteiger partial charge in [0.05, 0.1) is 11.8 Å². The Labute approximate surface area is 165 Å². The number of para-hydroxylation sites is 1. The molecule has 1 aromatic heterocycles. The Bertz CT molecular complexity index is 872. The van der Waals surface area contributed by atoms with E-state index in [1.807, 2.05) is 61.5 Å². The summed E-state index contributed by atoms with van der Waals surface area (Å²) in [6.07, 6.45) is 0. The Balaban J connectivity index is 1.50. The quantitative estimate of drug-likeness (QED) is 0.548. The van der Waals surface area contributed by atoms with Crippen LogP contribution in [0.15, 0.2) is 58.9 Å². The highest BCUT2D eigenvalue weighted by Crippen LogP contribution is 2.28. The van der Waals surface area contributed by atoms with Gasteiger partial charge in [-0.05, 0) is 30.7 Å². The molecule has 0 aliphatic heterocycles. The summed E-state index contributed by atoms with van der Waals surface area (Å²) < 4.78 is 0.740. The van der Waals surface area contributed by atoms with Crippen LogP contribution in [0.5, 0.6) is 0 Å². The van der Waals surface area contributed by atoms with Crippen LogP contribution in [0.1, 0.15) is 18.5 Å². The van der Waals surface area contributed by atoms with Gasteiger partial charge in [0.25, 0.3) is 0 Å². The third-order valence-electron chi connectivity index (χ3n) is 3.51. The van der Waals surface area contributed by atoms with Crippen LogP contribution in [-0.2, 0) is 4.79 Å². The zero-order valence-electron chi connectivity index (χ0n) is 14.0. The monoisotopic (exact) mass is 404 g/mol. The predicted octanol–water partition coefficient (Wildman–Crippen LogP) is 4.90. The molecule has 0 aliphatic carbocycles. The molecule has 0 unspecified atom stereocenters. The first-order chi connectivity index (χ1) is 12.6. The first kappa shape index (κ1) is 18.7. The number of anilines is 2. The summed E-state index contributed by atoms with van der Waals surface area (Å²) in [7, 11) is 0. The van der Waals surface area contributed by atoms with Crippen LogP contribution < -0.4 is 10.6 Å². The maximum atomic E-state index is 12.2. The van der Waals surface area contributed by atoms with Crippen molar-refractivity contribution in [3.63, 3.8) is 0 Å². The van der Waals surface area contributed by atoms with E-state index in [1.165, 1.54) is 23.1 Å². The van der Waals surface area contributed by atoms with Gasteiger partial charge >= 0.3 is 0 Å². The number of halogens is 1. The van der Waals surface area contributed by atoms with Gasteiger partial charge in [0, 0.05) is 10.7 Å². The van der Waals surface area contributed by atoms with Crippen LogP contribution in [0.4, 0.5) is 10.8 Å². The van der Waals surface area contributed by atoms with Gasteiger partial charge in [0.15, 0.2) is 4.34 Å². The predicted molar refractivity (Wildman–Crippen MR) is 108 cm³/mol. The summed E-state index contributed by atoms with van der Waals surface area (Å²) in [6, 6.07) is 17.1. The standard InChI is InChI=1S/C18H17ClN4OS2/c1-12(14-9-5-6-10-15(14)19)20-16(24)11-25-18-23-22-17(26-18)21-13-7-3-2-4-8-13/h2-10,12H,11H2,1H3,(H,20,24)(H,21,22)/t12-/m0/s1. The normalized spacial score (nSPS) is 11.8. The molecule has 0 saturated heterocycles. The Hall–Kier alpha value is -2.09. The second kappa shape index (κ2) is 9.02. The third kappa shape index (κ3) is 5.20. The van der Waals surface area contributed by atoms with Gasteiger partial charge in [-0.1, -0.05) is 71.1 Å². The summed E-state index contributed by atoms with van der Waals surface area (Å²) in [5.74, 6) is 0.199. The number of benzene rings is 2. The molecule has 0 spiro atoms. The van der Waals surface area contributed by atoms with E-state index < -0.39 is 0 Å². The smallest absolute Gasteiger partial charge is 0.230 e. The Morgan fingerprint density at radius 2 is 1.88 bits per heavy atom. The molecule has 0 radical (unpaired) electrons. The molecule has 5 nitrogen and oxygen atoms in total. The third-order valence-corrected chi connectivity index (χ3v) is 5.82. The second-order valence-electron chi connectivity index (χ2n) is 5.46. The number of hydrogen-bond acceptors (Lipinski definition) is 6. The summed E-state index contributed by atoms with van der Waals surface area (Å²) in [5.41, 5.74) is 1.85. The fourth-order valence-electron chi connectivity index (χ4n) is 2.28. The average molecular weight is 405 g/mol. The number of hydrogen-bond donors (Lipinski definition) is 2. The van der Waals surface area contributed by atoms with Crippen molar-refractivity contribution >= 4 is 51.4 Å². The van der Waals surface area contributed by atoms with Crippen molar-refractivity contribution in [2.24, 2.45) is 0 Å². The van der Waals surface area contributed by atoms with E-state index in [9.17, 15) is 4.79 Å². The van der Waals surface area contributed by atoms with Crippen LogP contribution in [0.2, 0.25) is 5.02 Å². The number of amides is 1. The number of nitrogens with zero attached hydrogens (tertiary/aromatic N) is 2. The zero-order valence-corrected chi connectivity index (χ0v) is 16.4. The highest BCUT2D eigenvalue weighted by Gasteiger charge is 2.13. The number of thioether (sulfide) groups is 1. The average Bonchev–Trinajstić information content (AvgIpc) is 3.08. The van der Waals surface area contributed by atoms with Crippen molar-refractivity contribution in [1.29, 1.82) is 0 Å². The number of rotatable bonds is 7. The maximum Gasteiger partial charge on any atom is 0.230 e. The van der Waals surface area contributed by atoms with Crippen molar-refractivity contribution in [2.75, 3.05) is 11.1 Å². The first-order valence-electron chi connectivity index (χ1n) is 7.94. The van der Waals surface area contributed by atoms with E-state index in [4.69, 9.17) is 11.6 Å². The van der Waals surface area contributed by atoms with E-state index in [2.05, 4.69) is 20.8 Å². The van der Waals surface area contributed by atoms with Crippen molar-refractivity contribution in [2.45, 2.75) is 17.3 Å². The molecule has 3 rings (SSSR count). The van der Waals surface area contributed by atoms with E-state index in [1.54, 1.807) is 0 Å². The fourth-order valence-corrected chi connectivity index (χ4v) is 4.16. The molecule has 0 saturated carbocycles. The Morgan fingerprint density at radius 3 is 2.65 bits per heavy atom. The molecule has 0 fully saturated rings. The molecular weight excluding hydrogens is 388 g/mol. The molecule has 2 aromatic carbocycles. The van der Waals surface area contributed by atoms with Crippen molar-refractivity contribution < 1.29 is 4.79 Å². The van der Waals surface area contributed by atoms with Crippen molar-refractivity contribution in [1.82, 2.24) is 15.5 Å². The fraction of sp³-hybridized carbons (Fsp3) is 0.167. The highest BCUT2D eigenvalue weighted by atomic mass is 35.5. The van der Waals surface area contributed by atoms with Crippen LogP contribution in [0.25, 0.3) is 0 Å². The van der Waals surface area contributed by atoms with Crippen LogP contribution in [-0.4, -0.2) is 21.9 Å². The molecule has 8 heteroatoms. The summed E-state index contributed by atoms with van der Waals surface area (Å²) in [4.78, 5) is 12.2. The topological polar surface area (TPSA) is 66.9 Å². The van der Waals surface area contributed by atoms with Crippen LogP contribution >= 0.6 is 34.7 Å². The largest absolute Gasteiger partial charge is 0.349 e. The maximum absolute atomic E-state index is 12.2. The van der Waals surface area contributed by atoms with E-state index >= 15 is 0 Å². The number of carbonyl (C=O) groups is 1. The molecule has 134 valence electrons. The first-order valence-corrected chi connectivity index (χ1v) is 10.1. The van der Waals surface area contributed by atoms with Crippen molar-refractivity contribution in [3.05, 3.63) is 65.2 Å². The lowest BCUT2D eigenvalue weighted by atomic mass is 10.1. The van der Waals surface area contributed by atoms with E-state index in [0.29, 0.717) is 10.2 Å². The number of aromatic nitrogens is 2. The highest BCUT2D eigenvalue weighted by molar-refractivity contribution is 8.01. The lowest BCUT2D eigenvalue weighted by Crippen LogP contribution is -2.28. The van der Waals surface area contributed by atoms with Crippen molar-refractivity contribution in [3.8, 4) is 0 Å². The van der Waals surface area contributed by atoms with Crippen LogP contribution in [0.3, 0.4) is 0 Å². The minimum atomic E-state index is -0.151. The molecule has 2 N–H and O–H groups in total. The molecule has 0 bridgehead atoms. The molecule has 0 aliphatic rings. The molecule has 3 aromatic rings. The number of carbonyl (C=O) groups excluding carboxylic acids is 1. The van der Waals surface area contributed by atoms with Gasteiger partial charge in [-0.2, -0.15) is 0 Å². The summed E-state index contributed by atoms with van der Waals surface area (Å²) in [6.45, 7) is 1.91. The lowest BCUT2D eigenvalue weighted by molar-refractivity contribution is -0.119. The van der Waals surface area contributed by atoms with Gasteiger partial charge < -0.3 is 10.6 Å². The minimum absolute atomic E-state index is 0.0739. The summed E-state index contributed by atoms with van der Waals surface area (Å²) in [5, 5.41) is 15.7. The second-order valence-corrected chi connectivity index (χ2v) is 8.07. The SMILES string of the molecule is C[C@H](NC(=O)CSc1nnc(Nc2ccccc2)s1)c1ccccc1Cl. The summed E-state index contributed by atoms with van der Waals surface area (Å²) >= 11 is 8.94. The van der Waals surface area contributed by atoms with Gasteiger partial charge in [-0.15, -0.1) is 10.2 Å². The van der Waals surface area contributed by atoms with E-state index in [0.717, 1.165) is 15.6 Å². The van der Waals surface area contributed by atoms with Gasteiger partial charge in [-0.3, -0.25) is 4.79 Å². The Morgan fingerprint density at radius 1 is 1.15 bits per heavy atom. The van der Waals surface area contributed by atoms with Gasteiger partial charge in [0.2, 0.25) is 11.0 Å². The van der Waals surface area contributed by atoms with E-state index in [-0.39, 0.29) is 17.7 Å². The molecule has 26 heavy (non-hydrogen) atoms.